The van der Waals surface area contributed by atoms with Crippen molar-refractivity contribution in [3.63, 3.8) is 0 Å². The van der Waals surface area contributed by atoms with Crippen LogP contribution in [0.25, 0.3) is 11.8 Å². The largest absolute Gasteiger partial charge is 0.323 e. The van der Waals surface area contributed by atoms with Crippen LogP contribution in [0.5, 0.6) is 0 Å². The zero-order chi connectivity index (χ0) is 23.7. The lowest BCUT2D eigenvalue weighted by atomic mass is 10.2. The first-order valence-electron chi connectivity index (χ1n) is 10.00. The lowest BCUT2D eigenvalue weighted by Crippen LogP contribution is -2.36. The number of carbonyl (C=O) groups excluding carboxylic acids is 3. The van der Waals surface area contributed by atoms with Crippen molar-refractivity contribution >= 4 is 63.8 Å². The molecule has 0 atom stereocenters. The Morgan fingerprint density at radius 2 is 1.70 bits per heavy atom. The summed E-state index contributed by atoms with van der Waals surface area (Å²) in [6.07, 6.45) is 1.67. The van der Waals surface area contributed by atoms with Crippen LogP contribution in [0, 0.1) is 13.8 Å². The van der Waals surface area contributed by atoms with Gasteiger partial charge >= 0.3 is 0 Å². The Balaban J connectivity index is 1.55. The predicted molar refractivity (Wildman–Crippen MR) is 133 cm³/mol. The molecule has 4 rings (SSSR count). The van der Waals surface area contributed by atoms with Crippen LogP contribution in [0.2, 0.25) is 10.0 Å². The van der Waals surface area contributed by atoms with Gasteiger partial charge in [0.2, 0.25) is 5.91 Å². The van der Waals surface area contributed by atoms with Crippen LogP contribution in [0.3, 0.4) is 0 Å². The number of para-hydroxylation sites is 2. The maximum atomic E-state index is 12.9. The number of carbonyl (C=O) groups is 3. The third-order valence-electron chi connectivity index (χ3n) is 5.17. The van der Waals surface area contributed by atoms with Gasteiger partial charge in [-0.1, -0.05) is 47.5 Å². The molecule has 168 valence electrons. The SMILES string of the molecule is Cc1cc(/C=C2/SC(=O)N(CC(=O)Nc3ccccc3Cl)C2=O)c(C)n1-c1ccccc1Cl. The number of aryl methyl sites for hydroxylation is 1. The monoisotopic (exact) mass is 499 g/mol. The van der Waals surface area contributed by atoms with Crippen molar-refractivity contribution in [3.8, 4) is 5.69 Å². The summed E-state index contributed by atoms with van der Waals surface area (Å²) in [5.74, 6) is -1.02. The molecule has 2 aromatic carbocycles. The molecule has 2 heterocycles. The molecule has 0 bridgehead atoms. The van der Waals surface area contributed by atoms with Crippen LogP contribution < -0.4 is 5.32 Å². The molecule has 3 amide bonds. The molecule has 0 saturated carbocycles. The summed E-state index contributed by atoms with van der Waals surface area (Å²) in [7, 11) is 0. The van der Waals surface area contributed by atoms with Gasteiger partial charge in [0.1, 0.15) is 6.54 Å². The van der Waals surface area contributed by atoms with E-state index in [4.69, 9.17) is 23.2 Å². The first-order chi connectivity index (χ1) is 15.8. The molecule has 1 aliphatic heterocycles. The van der Waals surface area contributed by atoms with Crippen molar-refractivity contribution in [2.75, 3.05) is 11.9 Å². The van der Waals surface area contributed by atoms with Crippen molar-refractivity contribution in [1.82, 2.24) is 9.47 Å². The fourth-order valence-corrected chi connectivity index (χ4v) is 4.84. The third kappa shape index (κ3) is 4.71. The van der Waals surface area contributed by atoms with E-state index >= 15 is 0 Å². The van der Waals surface area contributed by atoms with E-state index in [1.54, 1.807) is 30.3 Å². The lowest BCUT2D eigenvalue weighted by molar-refractivity contribution is -0.127. The van der Waals surface area contributed by atoms with E-state index < -0.39 is 23.6 Å². The summed E-state index contributed by atoms with van der Waals surface area (Å²) in [5.41, 5.74) is 3.85. The molecule has 1 aromatic heterocycles. The molecule has 33 heavy (non-hydrogen) atoms. The summed E-state index contributed by atoms with van der Waals surface area (Å²) < 4.78 is 2.00. The number of thioether (sulfide) groups is 1. The maximum absolute atomic E-state index is 12.9. The summed E-state index contributed by atoms with van der Waals surface area (Å²) in [6, 6.07) is 16.2. The second-order valence-electron chi connectivity index (χ2n) is 7.41. The number of nitrogens with one attached hydrogen (secondary N) is 1. The summed E-state index contributed by atoms with van der Waals surface area (Å²) in [4.78, 5) is 38.9. The first-order valence-corrected chi connectivity index (χ1v) is 11.6. The quantitative estimate of drug-likeness (QED) is 0.432. The molecule has 0 radical (unpaired) electrons. The molecule has 9 heteroatoms. The fourth-order valence-electron chi connectivity index (χ4n) is 3.61. The second kappa shape index (κ2) is 9.47. The topological polar surface area (TPSA) is 71.4 Å². The van der Waals surface area contributed by atoms with E-state index in [0.717, 1.165) is 39.3 Å². The highest BCUT2D eigenvalue weighted by Crippen LogP contribution is 2.34. The zero-order valence-corrected chi connectivity index (χ0v) is 20.1. The highest BCUT2D eigenvalue weighted by Gasteiger charge is 2.36. The predicted octanol–water partition coefficient (Wildman–Crippen LogP) is 6.08. The van der Waals surface area contributed by atoms with E-state index in [1.165, 1.54) is 0 Å². The molecule has 0 aliphatic carbocycles. The first kappa shape index (κ1) is 23.2. The molecular formula is C24H19Cl2N3O3S. The molecular weight excluding hydrogens is 481 g/mol. The summed E-state index contributed by atoms with van der Waals surface area (Å²) >= 11 is 13.2. The molecule has 1 aliphatic rings. The number of amides is 3. The van der Waals surface area contributed by atoms with Gasteiger partial charge in [0.05, 0.1) is 26.3 Å². The zero-order valence-electron chi connectivity index (χ0n) is 17.8. The van der Waals surface area contributed by atoms with Crippen molar-refractivity contribution < 1.29 is 14.4 Å². The number of imide groups is 1. The lowest BCUT2D eigenvalue weighted by Gasteiger charge is -2.13. The summed E-state index contributed by atoms with van der Waals surface area (Å²) in [5, 5.41) is 3.10. The van der Waals surface area contributed by atoms with Gasteiger partial charge in [-0.15, -0.1) is 0 Å². The number of halogens is 2. The highest BCUT2D eigenvalue weighted by molar-refractivity contribution is 8.18. The summed E-state index contributed by atoms with van der Waals surface area (Å²) in [6.45, 7) is 3.47. The van der Waals surface area contributed by atoms with Gasteiger partial charge in [0, 0.05) is 11.4 Å². The van der Waals surface area contributed by atoms with Gasteiger partial charge < -0.3 is 9.88 Å². The van der Waals surface area contributed by atoms with Gasteiger partial charge in [-0.3, -0.25) is 19.3 Å². The number of nitrogens with zero attached hydrogens (tertiary/aromatic N) is 2. The van der Waals surface area contributed by atoms with E-state index in [-0.39, 0.29) is 4.91 Å². The minimum atomic E-state index is -0.512. The average Bonchev–Trinajstić information content (AvgIpc) is 3.19. The van der Waals surface area contributed by atoms with Crippen LogP contribution in [-0.2, 0) is 9.59 Å². The Morgan fingerprint density at radius 1 is 1.03 bits per heavy atom. The molecule has 0 unspecified atom stereocenters. The van der Waals surface area contributed by atoms with E-state index in [9.17, 15) is 14.4 Å². The number of benzene rings is 2. The van der Waals surface area contributed by atoms with Gasteiger partial charge in [-0.2, -0.15) is 0 Å². The van der Waals surface area contributed by atoms with Crippen LogP contribution in [-0.4, -0.2) is 33.1 Å². The van der Waals surface area contributed by atoms with Gasteiger partial charge in [-0.05, 0) is 67.6 Å². The van der Waals surface area contributed by atoms with Gasteiger partial charge in [0.15, 0.2) is 0 Å². The standard InChI is InChI=1S/C24H19Cl2N3O3S/c1-14-11-16(15(2)29(14)20-10-6-4-8-18(20)26)12-21-23(31)28(24(32)33-21)13-22(30)27-19-9-5-3-7-17(19)25/h3-12H,13H2,1-2H3,(H,27,30)/b21-12+. The van der Waals surface area contributed by atoms with E-state index in [0.29, 0.717) is 15.7 Å². The highest BCUT2D eigenvalue weighted by atomic mass is 35.5. The molecule has 1 fully saturated rings. The third-order valence-corrected chi connectivity index (χ3v) is 6.73. The molecule has 1 N–H and O–H groups in total. The van der Waals surface area contributed by atoms with Crippen LogP contribution in [0.1, 0.15) is 17.0 Å². The molecule has 0 spiro atoms. The second-order valence-corrected chi connectivity index (χ2v) is 9.22. The number of rotatable bonds is 5. The minimum Gasteiger partial charge on any atom is -0.323 e. The average molecular weight is 500 g/mol. The number of aromatic nitrogens is 1. The van der Waals surface area contributed by atoms with E-state index in [2.05, 4.69) is 5.32 Å². The Labute approximate surface area is 205 Å². The van der Waals surface area contributed by atoms with Crippen molar-refractivity contribution in [1.29, 1.82) is 0 Å². The Morgan fingerprint density at radius 3 is 2.39 bits per heavy atom. The van der Waals surface area contributed by atoms with Crippen LogP contribution >= 0.6 is 35.0 Å². The Bertz CT molecular complexity index is 1320. The van der Waals surface area contributed by atoms with Crippen molar-refractivity contribution in [2.24, 2.45) is 0 Å². The normalized spacial score (nSPS) is 14.9. The fraction of sp³-hybridized carbons (Fsp3) is 0.125. The Kier molecular flexibility index (Phi) is 6.65. The minimum absolute atomic E-state index is 0.255. The van der Waals surface area contributed by atoms with Gasteiger partial charge in [0.25, 0.3) is 11.1 Å². The van der Waals surface area contributed by atoms with Crippen molar-refractivity contribution in [2.45, 2.75) is 13.8 Å². The van der Waals surface area contributed by atoms with E-state index in [1.807, 2.05) is 48.7 Å². The number of hydrogen-bond acceptors (Lipinski definition) is 4. The van der Waals surface area contributed by atoms with Gasteiger partial charge in [-0.25, -0.2) is 0 Å². The number of anilines is 1. The van der Waals surface area contributed by atoms with Crippen molar-refractivity contribution in [3.05, 3.63) is 86.5 Å². The molecule has 1 saturated heterocycles. The Hall–Kier alpha value is -3.00. The molecule has 6 nitrogen and oxygen atoms in total. The number of hydrogen-bond donors (Lipinski definition) is 1. The van der Waals surface area contributed by atoms with Crippen LogP contribution in [0.15, 0.2) is 59.5 Å². The molecule has 3 aromatic rings. The smallest absolute Gasteiger partial charge is 0.294 e. The maximum Gasteiger partial charge on any atom is 0.294 e. The van der Waals surface area contributed by atoms with Crippen LogP contribution in [0.4, 0.5) is 10.5 Å².